The van der Waals surface area contributed by atoms with E-state index in [1.165, 1.54) is 19.1 Å². The first kappa shape index (κ1) is 18.4. The SMILES string of the molecule is CC(=O)Nc1ccc(-c2cccc(-c3cnn(-c4ccccc4)c3)c2O)cc1F. The number of amides is 1. The second kappa shape index (κ2) is 7.59. The number of aromatic hydroxyl groups is 1. The lowest BCUT2D eigenvalue weighted by atomic mass is 9.98. The summed E-state index contributed by atoms with van der Waals surface area (Å²) in [6.07, 6.45) is 3.50. The van der Waals surface area contributed by atoms with E-state index >= 15 is 0 Å². The standard InChI is InChI=1S/C23H18FN3O2/c1-15(28)26-22-11-10-16(12-21(22)24)19-8-5-9-20(23(19)29)17-13-25-27(14-17)18-6-3-2-4-7-18/h2-14,29H,1H3,(H,26,28). The Morgan fingerprint density at radius 2 is 1.72 bits per heavy atom. The molecule has 3 aromatic carbocycles. The normalized spacial score (nSPS) is 10.7. The largest absolute Gasteiger partial charge is 0.507 e. The third-order valence-electron chi connectivity index (χ3n) is 4.54. The van der Waals surface area contributed by atoms with Gasteiger partial charge in [0, 0.05) is 29.8 Å². The van der Waals surface area contributed by atoms with Crippen LogP contribution in [-0.2, 0) is 4.79 Å². The van der Waals surface area contributed by atoms with E-state index in [0.29, 0.717) is 16.7 Å². The summed E-state index contributed by atoms with van der Waals surface area (Å²) in [5.41, 5.74) is 3.33. The number of benzene rings is 3. The number of aromatic nitrogens is 2. The van der Waals surface area contributed by atoms with Gasteiger partial charge < -0.3 is 10.4 Å². The lowest BCUT2D eigenvalue weighted by molar-refractivity contribution is -0.114. The van der Waals surface area contributed by atoms with Gasteiger partial charge in [0.1, 0.15) is 11.6 Å². The van der Waals surface area contributed by atoms with Crippen LogP contribution in [0.15, 0.2) is 79.1 Å². The van der Waals surface area contributed by atoms with Crippen LogP contribution < -0.4 is 5.32 Å². The Bertz CT molecular complexity index is 1190. The van der Waals surface area contributed by atoms with E-state index in [0.717, 1.165) is 11.3 Å². The van der Waals surface area contributed by atoms with Crippen molar-refractivity contribution in [3.05, 3.63) is 84.9 Å². The molecule has 144 valence electrons. The molecule has 5 nitrogen and oxygen atoms in total. The van der Waals surface area contributed by atoms with Gasteiger partial charge >= 0.3 is 0 Å². The first-order chi connectivity index (χ1) is 14.0. The van der Waals surface area contributed by atoms with Gasteiger partial charge in [0.05, 0.1) is 17.6 Å². The fourth-order valence-electron chi connectivity index (χ4n) is 3.17. The lowest BCUT2D eigenvalue weighted by Gasteiger charge is -2.11. The van der Waals surface area contributed by atoms with Crippen molar-refractivity contribution in [2.45, 2.75) is 6.92 Å². The van der Waals surface area contributed by atoms with Crippen LogP contribution in [0.4, 0.5) is 10.1 Å². The first-order valence-electron chi connectivity index (χ1n) is 9.03. The smallest absolute Gasteiger partial charge is 0.221 e. The van der Waals surface area contributed by atoms with Crippen molar-refractivity contribution in [1.29, 1.82) is 0 Å². The van der Waals surface area contributed by atoms with Crippen molar-refractivity contribution >= 4 is 11.6 Å². The number of phenols is 1. The van der Waals surface area contributed by atoms with E-state index < -0.39 is 5.82 Å². The maximum absolute atomic E-state index is 14.3. The van der Waals surface area contributed by atoms with Crippen LogP contribution in [0.3, 0.4) is 0 Å². The molecule has 1 aromatic heterocycles. The topological polar surface area (TPSA) is 67.2 Å². The Balaban J connectivity index is 1.71. The molecule has 29 heavy (non-hydrogen) atoms. The summed E-state index contributed by atoms with van der Waals surface area (Å²) in [7, 11) is 0. The number of carbonyl (C=O) groups is 1. The average Bonchev–Trinajstić information content (AvgIpc) is 3.20. The molecular weight excluding hydrogens is 369 g/mol. The van der Waals surface area contributed by atoms with E-state index in [4.69, 9.17) is 0 Å². The summed E-state index contributed by atoms with van der Waals surface area (Å²) in [5.74, 6) is -0.886. The van der Waals surface area contributed by atoms with E-state index in [-0.39, 0.29) is 17.3 Å². The second-order valence-corrected chi connectivity index (χ2v) is 6.59. The maximum atomic E-state index is 14.3. The van der Waals surface area contributed by atoms with Gasteiger partial charge in [0.2, 0.25) is 5.91 Å². The molecule has 0 aliphatic carbocycles. The second-order valence-electron chi connectivity index (χ2n) is 6.59. The molecule has 0 radical (unpaired) electrons. The molecule has 4 rings (SSSR count). The van der Waals surface area contributed by atoms with Gasteiger partial charge in [0.25, 0.3) is 0 Å². The maximum Gasteiger partial charge on any atom is 0.221 e. The number of para-hydroxylation sites is 2. The molecule has 0 bridgehead atoms. The van der Waals surface area contributed by atoms with E-state index in [2.05, 4.69) is 10.4 Å². The van der Waals surface area contributed by atoms with Gasteiger partial charge in [-0.3, -0.25) is 4.79 Å². The molecule has 4 aromatic rings. The van der Waals surface area contributed by atoms with E-state index in [1.807, 2.05) is 36.5 Å². The van der Waals surface area contributed by atoms with Crippen molar-refractivity contribution in [1.82, 2.24) is 9.78 Å². The van der Waals surface area contributed by atoms with Gasteiger partial charge in [-0.1, -0.05) is 42.5 Å². The average molecular weight is 387 g/mol. The van der Waals surface area contributed by atoms with Crippen molar-refractivity contribution in [3.8, 4) is 33.7 Å². The molecule has 0 aliphatic heterocycles. The van der Waals surface area contributed by atoms with Crippen LogP contribution in [0, 0.1) is 5.82 Å². The lowest BCUT2D eigenvalue weighted by Crippen LogP contribution is -2.07. The summed E-state index contributed by atoms with van der Waals surface area (Å²) >= 11 is 0. The number of rotatable bonds is 4. The van der Waals surface area contributed by atoms with E-state index in [9.17, 15) is 14.3 Å². The Hall–Kier alpha value is -3.93. The van der Waals surface area contributed by atoms with Gasteiger partial charge in [-0.25, -0.2) is 9.07 Å². The molecule has 2 N–H and O–H groups in total. The minimum atomic E-state index is -0.570. The molecule has 0 spiro atoms. The number of nitrogens with one attached hydrogen (secondary N) is 1. The summed E-state index contributed by atoms with van der Waals surface area (Å²) in [6, 6.07) is 19.4. The summed E-state index contributed by atoms with van der Waals surface area (Å²) < 4.78 is 16.1. The summed E-state index contributed by atoms with van der Waals surface area (Å²) in [6.45, 7) is 1.32. The minimum Gasteiger partial charge on any atom is -0.507 e. The first-order valence-corrected chi connectivity index (χ1v) is 9.03. The molecule has 1 heterocycles. The number of hydrogen-bond donors (Lipinski definition) is 2. The highest BCUT2D eigenvalue weighted by Crippen LogP contribution is 2.38. The molecule has 0 unspecified atom stereocenters. The van der Waals surface area contributed by atoms with Gasteiger partial charge in [-0.05, 0) is 29.8 Å². The molecule has 1 amide bonds. The molecule has 0 saturated carbocycles. The van der Waals surface area contributed by atoms with E-state index in [1.54, 1.807) is 35.1 Å². The molecule has 0 fully saturated rings. The van der Waals surface area contributed by atoms with Gasteiger partial charge in [-0.15, -0.1) is 0 Å². The molecule has 0 aliphatic rings. The highest BCUT2D eigenvalue weighted by molar-refractivity contribution is 5.89. The Morgan fingerprint density at radius 3 is 2.41 bits per heavy atom. The predicted octanol–water partition coefficient (Wildman–Crippen LogP) is 5.01. The third-order valence-corrected chi connectivity index (χ3v) is 4.54. The number of phenolic OH excluding ortho intramolecular Hbond substituents is 1. The van der Waals surface area contributed by atoms with Crippen molar-refractivity contribution < 1.29 is 14.3 Å². The molecule has 0 atom stereocenters. The van der Waals surface area contributed by atoms with Crippen LogP contribution in [0.25, 0.3) is 27.9 Å². The zero-order chi connectivity index (χ0) is 20.4. The van der Waals surface area contributed by atoms with Crippen molar-refractivity contribution in [2.24, 2.45) is 0 Å². The number of carbonyl (C=O) groups excluding carboxylic acids is 1. The molecular formula is C23H18FN3O2. The summed E-state index contributed by atoms with van der Waals surface area (Å²) in [4.78, 5) is 11.2. The zero-order valence-electron chi connectivity index (χ0n) is 15.6. The van der Waals surface area contributed by atoms with Crippen molar-refractivity contribution in [3.63, 3.8) is 0 Å². The number of nitrogens with zero attached hydrogens (tertiary/aromatic N) is 2. The highest BCUT2D eigenvalue weighted by atomic mass is 19.1. The highest BCUT2D eigenvalue weighted by Gasteiger charge is 2.14. The Labute approximate surface area is 167 Å². The fourth-order valence-corrected chi connectivity index (χ4v) is 3.17. The molecule has 6 heteroatoms. The third kappa shape index (κ3) is 3.73. The van der Waals surface area contributed by atoms with Crippen LogP contribution in [-0.4, -0.2) is 20.8 Å². The number of halogens is 1. The fraction of sp³-hybridized carbons (Fsp3) is 0.0435. The van der Waals surface area contributed by atoms with Crippen LogP contribution in [0.2, 0.25) is 0 Å². The monoisotopic (exact) mass is 387 g/mol. The Kier molecular flexibility index (Phi) is 4.83. The minimum absolute atomic E-state index is 0.0341. The van der Waals surface area contributed by atoms with Crippen LogP contribution in [0.1, 0.15) is 6.92 Å². The van der Waals surface area contributed by atoms with Crippen LogP contribution >= 0.6 is 0 Å². The van der Waals surface area contributed by atoms with Crippen LogP contribution in [0.5, 0.6) is 5.75 Å². The van der Waals surface area contributed by atoms with Gasteiger partial charge in [0.15, 0.2) is 0 Å². The summed E-state index contributed by atoms with van der Waals surface area (Å²) in [5, 5.41) is 17.7. The Morgan fingerprint density at radius 1 is 1.00 bits per heavy atom. The number of hydrogen-bond acceptors (Lipinski definition) is 3. The molecule has 0 saturated heterocycles. The van der Waals surface area contributed by atoms with Crippen molar-refractivity contribution in [2.75, 3.05) is 5.32 Å². The van der Waals surface area contributed by atoms with Gasteiger partial charge in [-0.2, -0.15) is 5.10 Å². The predicted molar refractivity (Wildman–Crippen MR) is 110 cm³/mol. The quantitative estimate of drug-likeness (QED) is 0.517. The number of anilines is 1. The zero-order valence-corrected chi connectivity index (χ0v) is 15.6.